The van der Waals surface area contributed by atoms with Crippen LogP contribution in [0.3, 0.4) is 0 Å². The third-order valence-electron chi connectivity index (χ3n) is 11.0. The van der Waals surface area contributed by atoms with E-state index in [1.54, 1.807) is 0 Å². The average Bonchev–Trinajstić information content (AvgIpc) is 3.30. The lowest BCUT2D eigenvalue weighted by Crippen LogP contribution is -2.86. The van der Waals surface area contributed by atoms with Gasteiger partial charge in [-0.3, -0.25) is 15.0 Å². The molecule has 3 heterocycles. The van der Waals surface area contributed by atoms with Crippen molar-refractivity contribution < 1.29 is 23.2 Å². The summed E-state index contributed by atoms with van der Waals surface area (Å²) in [4.78, 5) is 28.9. The van der Waals surface area contributed by atoms with E-state index in [1.807, 2.05) is 11.8 Å². The molecule has 3 fully saturated rings. The van der Waals surface area contributed by atoms with Gasteiger partial charge < -0.3 is 13.6 Å². The van der Waals surface area contributed by atoms with Crippen LogP contribution in [0.15, 0.2) is 60.7 Å². The molecule has 47 heavy (non-hydrogen) atoms. The van der Waals surface area contributed by atoms with E-state index in [9.17, 15) is 9.59 Å². The second-order valence-electron chi connectivity index (χ2n) is 18.1. The van der Waals surface area contributed by atoms with Crippen LogP contribution in [0.5, 0.6) is 0 Å². The number of imide groups is 1. The molecule has 258 valence electrons. The SMILES string of the molecule is C[C@@H]1C(=O)NC(=O)N2[C@@H]1[C@@H](O[Si]([Si](C)(C)C)([Si](C)(C)C)[Si](C)(C)C)[C@@H]1O[C@@H]2C[C@@H]1O[Si](c1ccccc1)(c1ccccc1)C(C)(C)C. The Morgan fingerprint density at radius 1 is 0.766 bits per heavy atom. The highest BCUT2D eigenvalue weighted by molar-refractivity contribution is 7.87. The van der Waals surface area contributed by atoms with Gasteiger partial charge in [-0.15, -0.1) is 0 Å². The van der Waals surface area contributed by atoms with Gasteiger partial charge in [0.1, 0.15) is 12.3 Å². The molecule has 0 radical (unpaired) electrons. The number of amides is 3. The molecule has 7 nitrogen and oxygen atoms in total. The van der Waals surface area contributed by atoms with Crippen molar-refractivity contribution in [1.29, 1.82) is 0 Å². The predicted molar refractivity (Wildman–Crippen MR) is 205 cm³/mol. The Balaban J connectivity index is 1.72. The number of benzene rings is 2. The van der Waals surface area contributed by atoms with Crippen molar-refractivity contribution in [3.8, 4) is 0 Å². The number of carbonyl (C=O) groups is 2. The number of nitrogens with zero attached hydrogens (tertiary/aromatic N) is 1. The molecule has 1 N–H and O–H groups in total. The van der Waals surface area contributed by atoms with Crippen molar-refractivity contribution in [3.63, 3.8) is 0 Å². The summed E-state index contributed by atoms with van der Waals surface area (Å²) in [6, 6.07) is 20.7. The van der Waals surface area contributed by atoms with E-state index in [-0.39, 0.29) is 29.2 Å². The van der Waals surface area contributed by atoms with Crippen molar-refractivity contribution in [2.75, 3.05) is 0 Å². The molecule has 0 spiro atoms. The highest BCUT2D eigenvalue weighted by atomic mass is 29.9. The second-order valence-corrected chi connectivity index (χ2v) is 61.8. The van der Waals surface area contributed by atoms with Crippen LogP contribution < -0.4 is 15.7 Å². The number of ether oxygens (including phenoxy) is 1. The number of carbonyl (C=O) groups excluding carboxylic acids is 2. The molecule has 5 rings (SSSR count). The number of hydrogen-bond acceptors (Lipinski definition) is 5. The normalized spacial score (nSPS) is 27.5. The van der Waals surface area contributed by atoms with Crippen molar-refractivity contribution >= 4 is 60.3 Å². The molecule has 2 aromatic carbocycles. The molecule has 3 amide bonds. The molecule has 6 atom stereocenters. The summed E-state index contributed by atoms with van der Waals surface area (Å²) < 4.78 is 22.8. The van der Waals surface area contributed by atoms with E-state index in [2.05, 4.69) is 146 Å². The summed E-state index contributed by atoms with van der Waals surface area (Å²) in [6.07, 6.45) is -1.08. The van der Waals surface area contributed by atoms with Gasteiger partial charge in [0.15, 0.2) is 6.87 Å². The molecule has 0 unspecified atom stereocenters. The summed E-state index contributed by atoms with van der Waals surface area (Å²) in [6.45, 7) is 29.0. The molecular formula is C35H58N2O5Si5. The lowest BCUT2D eigenvalue weighted by Gasteiger charge is -2.60. The van der Waals surface area contributed by atoms with E-state index >= 15 is 0 Å². The zero-order valence-corrected chi connectivity index (χ0v) is 35.9. The van der Waals surface area contributed by atoms with Gasteiger partial charge in [0.05, 0.1) is 46.9 Å². The van der Waals surface area contributed by atoms with Gasteiger partial charge in [-0.25, -0.2) is 4.79 Å². The highest BCUT2D eigenvalue weighted by Gasteiger charge is 2.69. The van der Waals surface area contributed by atoms with Gasteiger partial charge in [0.25, 0.3) is 8.32 Å². The summed E-state index contributed by atoms with van der Waals surface area (Å²) in [7, 11) is -8.62. The van der Waals surface area contributed by atoms with Gasteiger partial charge in [-0.05, 0) is 15.4 Å². The van der Waals surface area contributed by atoms with E-state index in [4.69, 9.17) is 13.6 Å². The maximum Gasteiger partial charge on any atom is 0.326 e. The maximum absolute atomic E-state index is 13.7. The van der Waals surface area contributed by atoms with E-state index in [1.165, 1.54) is 10.4 Å². The quantitative estimate of drug-likeness (QED) is 0.312. The highest BCUT2D eigenvalue weighted by Crippen LogP contribution is 2.48. The monoisotopic (exact) mass is 726 g/mol. The minimum absolute atomic E-state index is 0.218. The zero-order valence-electron chi connectivity index (χ0n) is 30.9. The van der Waals surface area contributed by atoms with Gasteiger partial charge in [0.2, 0.25) is 5.91 Å². The Bertz CT molecular complexity index is 1390. The zero-order chi connectivity index (χ0) is 35.0. The van der Waals surface area contributed by atoms with Crippen LogP contribution in [-0.4, -0.2) is 85.4 Å². The Labute approximate surface area is 287 Å². The van der Waals surface area contributed by atoms with Gasteiger partial charge in [-0.1, -0.05) is 147 Å². The first-order valence-electron chi connectivity index (χ1n) is 17.3. The molecular weight excluding hydrogens is 669 g/mol. The summed E-state index contributed by atoms with van der Waals surface area (Å²) >= 11 is 0. The van der Waals surface area contributed by atoms with Crippen LogP contribution in [0.1, 0.15) is 34.1 Å². The maximum atomic E-state index is 13.7. The third-order valence-corrected chi connectivity index (χ3v) is 83.6. The van der Waals surface area contributed by atoms with Gasteiger partial charge in [-0.2, -0.15) is 0 Å². The van der Waals surface area contributed by atoms with Crippen molar-refractivity contribution in [2.24, 2.45) is 5.92 Å². The molecule has 2 bridgehead atoms. The van der Waals surface area contributed by atoms with Crippen LogP contribution in [0.2, 0.25) is 64.0 Å². The van der Waals surface area contributed by atoms with E-state index < -0.39 is 62.3 Å². The topological polar surface area (TPSA) is 77.1 Å². The van der Waals surface area contributed by atoms with E-state index in [0.29, 0.717) is 6.42 Å². The van der Waals surface area contributed by atoms with E-state index in [0.717, 1.165) is 0 Å². The van der Waals surface area contributed by atoms with Crippen LogP contribution in [-0.2, 0) is 18.4 Å². The Hall–Kier alpha value is -1.66. The molecule has 0 aromatic heterocycles. The molecule has 3 saturated heterocycles. The third kappa shape index (κ3) is 5.87. The molecule has 0 saturated carbocycles. The van der Waals surface area contributed by atoms with Crippen LogP contribution in [0.4, 0.5) is 4.79 Å². The first-order chi connectivity index (χ1) is 21.6. The minimum Gasteiger partial charge on any atom is -0.418 e. The molecule has 12 heteroatoms. The molecule has 2 aromatic rings. The molecule has 3 aliphatic rings. The lowest BCUT2D eigenvalue weighted by molar-refractivity contribution is -0.180. The smallest absolute Gasteiger partial charge is 0.326 e. The lowest BCUT2D eigenvalue weighted by atomic mass is 9.89. The second kappa shape index (κ2) is 12.3. The largest absolute Gasteiger partial charge is 0.418 e. The Morgan fingerprint density at radius 2 is 1.23 bits per heavy atom. The predicted octanol–water partition coefficient (Wildman–Crippen LogP) is 6.20. The summed E-state index contributed by atoms with van der Waals surface area (Å²) in [5.74, 6) is -0.647. The Kier molecular flexibility index (Phi) is 9.57. The number of hydrogen-bond donors (Lipinski definition) is 1. The van der Waals surface area contributed by atoms with Crippen LogP contribution in [0, 0.1) is 5.92 Å². The number of urea groups is 1. The first-order valence-corrected chi connectivity index (χ1v) is 34.7. The van der Waals surface area contributed by atoms with Crippen LogP contribution >= 0.6 is 0 Å². The number of nitrogens with one attached hydrogen (secondary N) is 1. The standard InChI is InChI=1S/C35H58N2O5Si5/c1-25-30-32(42-47(43(5,6)7,44(8,9)10)45(11,12)13)31-28(24-29(40-31)37(30)34(39)36-33(25)38)41-46(35(2,3)4,26-20-16-14-17-21-26)27-22-18-15-19-23-27/h14-23,25,28-32H,24H2,1-13H3,(H,36,38,39)/t25-,28-,29+,30-,31+,32+/m0/s1. The van der Waals surface area contributed by atoms with Crippen molar-refractivity contribution in [3.05, 3.63) is 60.7 Å². The minimum atomic E-state index is -2.95. The fraction of sp³-hybridized carbons (Fsp3) is 0.600. The molecule has 3 aliphatic heterocycles. The average molecular weight is 727 g/mol. The molecule has 0 aliphatic carbocycles. The van der Waals surface area contributed by atoms with Crippen molar-refractivity contribution in [1.82, 2.24) is 10.2 Å². The van der Waals surface area contributed by atoms with Crippen LogP contribution in [0.25, 0.3) is 0 Å². The fourth-order valence-corrected chi connectivity index (χ4v) is 109. The summed E-state index contributed by atoms with van der Waals surface area (Å²) in [5, 5.41) is 4.85. The first kappa shape index (κ1) is 36.6. The number of rotatable bonds is 9. The van der Waals surface area contributed by atoms with Gasteiger partial charge in [0, 0.05) is 6.42 Å². The Morgan fingerprint density at radius 3 is 1.66 bits per heavy atom. The number of fused-ring (bicyclic) bond motifs is 4. The van der Waals surface area contributed by atoms with Crippen molar-refractivity contribution in [2.45, 2.75) is 129 Å². The fourth-order valence-electron chi connectivity index (χ4n) is 10.2. The van der Waals surface area contributed by atoms with Gasteiger partial charge >= 0.3 is 6.03 Å². The summed E-state index contributed by atoms with van der Waals surface area (Å²) in [5.41, 5.74) is 0.